The highest BCUT2D eigenvalue weighted by molar-refractivity contribution is 6.28. The summed E-state index contributed by atoms with van der Waals surface area (Å²) in [5.41, 5.74) is 1.55. The van der Waals surface area contributed by atoms with Crippen LogP contribution in [0.1, 0.15) is 23.0 Å². The second-order valence-electron chi connectivity index (χ2n) is 5.07. The highest BCUT2D eigenvalue weighted by atomic mass is 35.5. The average molecular weight is 360 g/mol. The highest BCUT2D eigenvalue weighted by Crippen LogP contribution is 2.19. The molecule has 0 N–H and O–H groups in total. The average Bonchev–Trinajstić information content (AvgIpc) is 2.60. The topological polar surface area (TPSA) is 72.4 Å². The number of nitrogens with zero attached hydrogens (tertiary/aromatic N) is 3. The number of rotatable bonds is 7. The minimum atomic E-state index is -0.491. The third-order valence-corrected chi connectivity index (χ3v) is 3.49. The molecule has 0 radical (unpaired) electrons. The number of hydrogen-bond donors (Lipinski definition) is 0. The molecule has 0 aliphatic heterocycles. The number of halogens is 1. The maximum absolute atomic E-state index is 12.5. The molecule has 25 heavy (non-hydrogen) atoms. The first-order chi connectivity index (χ1) is 12.0. The van der Waals surface area contributed by atoms with Gasteiger partial charge in [-0.25, -0.2) is 14.8 Å². The van der Waals surface area contributed by atoms with Crippen molar-refractivity contribution in [1.82, 2.24) is 9.97 Å². The van der Waals surface area contributed by atoms with Gasteiger partial charge in [-0.2, -0.15) is 0 Å². The van der Waals surface area contributed by atoms with E-state index in [1.54, 1.807) is 43.3 Å². The molecule has 0 aliphatic carbocycles. The van der Waals surface area contributed by atoms with Crippen molar-refractivity contribution in [3.63, 3.8) is 0 Å². The number of Topliss-reactive ketones (excluding diaryl/α,β-unsaturated/α-hetero) is 1. The molecule has 0 bridgehead atoms. The van der Waals surface area contributed by atoms with Gasteiger partial charge in [-0.15, -0.1) is 6.58 Å². The summed E-state index contributed by atoms with van der Waals surface area (Å²) in [5, 5.41) is 0.0959. The number of aromatic nitrogens is 2. The first-order valence-electron chi connectivity index (χ1n) is 7.71. The lowest BCUT2D eigenvalue weighted by Crippen LogP contribution is -2.31. The molecular weight excluding hydrogens is 342 g/mol. The van der Waals surface area contributed by atoms with Gasteiger partial charge in [0.05, 0.1) is 18.7 Å². The van der Waals surface area contributed by atoms with Crippen molar-refractivity contribution in [3.8, 4) is 0 Å². The Kier molecular flexibility index (Phi) is 6.65. The lowest BCUT2D eigenvalue weighted by molar-refractivity contribution is 0.0991. The normalized spacial score (nSPS) is 10.2. The summed E-state index contributed by atoms with van der Waals surface area (Å²) >= 11 is 5.74. The first kappa shape index (κ1) is 18.6. The lowest BCUT2D eigenvalue weighted by Gasteiger charge is -2.20. The molecule has 0 unspecified atom stereocenters. The van der Waals surface area contributed by atoms with Crippen molar-refractivity contribution in [3.05, 3.63) is 65.7 Å². The fourth-order valence-corrected chi connectivity index (χ4v) is 2.36. The summed E-state index contributed by atoms with van der Waals surface area (Å²) in [6.45, 7) is 5.92. The monoisotopic (exact) mass is 359 g/mol. The van der Waals surface area contributed by atoms with E-state index in [-0.39, 0.29) is 30.6 Å². The smallest absolute Gasteiger partial charge is 0.414 e. The second-order valence-corrected chi connectivity index (χ2v) is 5.40. The summed E-state index contributed by atoms with van der Waals surface area (Å²) in [6, 6.07) is 8.41. The van der Waals surface area contributed by atoms with Gasteiger partial charge in [0.25, 0.3) is 0 Å². The van der Waals surface area contributed by atoms with Crippen LogP contribution in [0.5, 0.6) is 0 Å². The molecule has 1 amide bonds. The Morgan fingerprint density at radius 1 is 1.36 bits per heavy atom. The minimum Gasteiger partial charge on any atom is -0.449 e. The number of benzene rings is 1. The summed E-state index contributed by atoms with van der Waals surface area (Å²) in [7, 11) is 0. The molecular formula is C18H18ClN3O3. The van der Waals surface area contributed by atoms with Gasteiger partial charge in [-0.05, 0) is 36.7 Å². The van der Waals surface area contributed by atoms with E-state index < -0.39 is 6.09 Å². The van der Waals surface area contributed by atoms with Gasteiger partial charge < -0.3 is 4.74 Å². The van der Waals surface area contributed by atoms with Crippen LogP contribution in [0.4, 0.5) is 10.5 Å². The van der Waals surface area contributed by atoms with Crippen molar-refractivity contribution in [2.45, 2.75) is 13.3 Å². The zero-order valence-electron chi connectivity index (χ0n) is 13.8. The molecule has 2 aromatic rings. The van der Waals surface area contributed by atoms with Crippen LogP contribution in [0, 0.1) is 0 Å². The van der Waals surface area contributed by atoms with Crippen LogP contribution in [0.2, 0.25) is 5.28 Å². The van der Waals surface area contributed by atoms with Crippen molar-refractivity contribution >= 4 is 29.2 Å². The highest BCUT2D eigenvalue weighted by Gasteiger charge is 2.17. The fraction of sp³-hybridized carbons (Fsp3) is 0.222. The van der Waals surface area contributed by atoms with Gasteiger partial charge in [-0.1, -0.05) is 18.2 Å². The van der Waals surface area contributed by atoms with Crippen LogP contribution < -0.4 is 4.90 Å². The number of hydrogen-bond acceptors (Lipinski definition) is 5. The Morgan fingerprint density at radius 3 is 2.84 bits per heavy atom. The summed E-state index contributed by atoms with van der Waals surface area (Å²) in [4.78, 5) is 33.8. The van der Waals surface area contributed by atoms with E-state index in [9.17, 15) is 9.59 Å². The first-order valence-corrected chi connectivity index (χ1v) is 8.08. The van der Waals surface area contributed by atoms with Gasteiger partial charge >= 0.3 is 6.09 Å². The molecule has 7 heteroatoms. The van der Waals surface area contributed by atoms with Crippen LogP contribution in [0.3, 0.4) is 0 Å². The third-order valence-electron chi connectivity index (χ3n) is 3.31. The van der Waals surface area contributed by atoms with Crippen LogP contribution in [0.15, 0.2) is 49.2 Å². The number of anilines is 1. The van der Waals surface area contributed by atoms with E-state index in [0.717, 1.165) is 0 Å². The molecule has 0 saturated carbocycles. The maximum Gasteiger partial charge on any atom is 0.414 e. The van der Waals surface area contributed by atoms with Gasteiger partial charge in [0.15, 0.2) is 5.78 Å². The second kappa shape index (κ2) is 8.94. The molecule has 2 rings (SSSR count). The number of carbonyl (C=O) groups is 2. The van der Waals surface area contributed by atoms with Crippen molar-refractivity contribution in [2.75, 3.05) is 18.1 Å². The number of ketones is 1. The predicted molar refractivity (Wildman–Crippen MR) is 96.1 cm³/mol. The van der Waals surface area contributed by atoms with E-state index >= 15 is 0 Å². The molecule has 0 aliphatic rings. The third kappa shape index (κ3) is 5.12. The zero-order chi connectivity index (χ0) is 18.2. The van der Waals surface area contributed by atoms with E-state index in [1.165, 1.54) is 11.1 Å². The fourth-order valence-electron chi connectivity index (χ4n) is 2.20. The molecule has 0 saturated heterocycles. The SMILES string of the molecule is C=CCN(C(=O)OCC)c1cccc(C(=O)Cc2ccnc(Cl)n2)c1. The Hall–Kier alpha value is -2.73. The molecule has 0 fully saturated rings. The Labute approximate surface area is 151 Å². The molecule has 130 valence electrons. The van der Waals surface area contributed by atoms with Crippen LogP contribution in [-0.4, -0.2) is 35.0 Å². The van der Waals surface area contributed by atoms with E-state index in [2.05, 4.69) is 16.5 Å². The summed E-state index contributed by atoms with van der Waals surface area (Å²) in [5.74, 6) is -0.140. The summed E-state index contributed by atoms with van der Waals surface area (Å²) < 4.78 is 5.04. The van der Waals surface area contributed by atoms with E-state index in [0.29, 0.717) is 16.9 Å². The quantitative estimate of drug-likeness (QED) is 0.428. The molecule has 0 spiro atoms. The molecule has 0 atom stereocenters. The number of ether oxygens (including phenoxy) is 1. The maximum atomic E-state index is 12.5. The predicted octanol–water partition coefficient (Wildman–Crippen LogP) is 3.70. The molecule has 1 aromatic heterocycles. The Bertz CT molecular complexity index is 780. The van der Waals surface area contributed by atoms with Gasteiger partial charge in [-0.3, -0.25) is 9.69 Å². The molecule has 1 heterocycles. The summed E-state index contributed by atoms with van der Waals surface area (Å²) in [6.07, 6.45) is 2.69. The van der Waals surface area contributed by atoms with Crippen LogP contribution >= 0.6 is 11.6 Å². The number of carbonyl (C=O) groups excluding carboxylic acids is 2. The zero-order valence-corrected chi connectivity index (χ0v) is 14.6. The van der Waals surface area contributed by atoms with Gasteiger partial charge in [0.1, 0.15) is 0 Å². The van der Waals surface area contributed by atoms with Crippen molar-refractivity contribution in [2.24, 2.45) is 0 Å². The van der Waals surface area contributed by atoms with Gasteiger partial charge in [0, 0.05) is 24.0 Å². The Balaban J connectivity index is 2.22. The van der Waals surface area contributed by atoms with E-state index in [1.807, 2.05) is 0 Å². The van der Waals surface area contributed by atoms with Crippen molar-refractivity contribution in [1.29, 1.82) is 0 Å². The van der Waals surface area contributed by atoms with Crippen molar-refractivity contribution < 1.29 is 14.3 Å². The Morgan fingerprint density at radius 2 is 2.16 bits per heavy atom. The minimum absolute atomic E-state index is 0.0898. The molecule has 1 aromatic carbocycles. The lowest BCUT2D eigenvalue weighted by atomic mass is 10.1. The van der Waals surface area contributed by atoms with Crippen LogP contribution in [-0.2, 0) is 11.2 Å². The largest absolute Gasteiger partial charge is 0.449 e. The number of amides is 1. The van der Waals surface area contributed by atoms with Gasteiger partial charge in [0.2, 0.25) is 5.28 Å². The van der Waals surface area contributed by atoms with Crippen LogP contribution in [0.25, 0.3) is 0 Å². The molecule has 6 nitrogen and oxygen atoms in total. The van der Waals surface area contributed by atoms with E-state index in [4.69, 9.17) is 16.3 Å². The standard InChI is InChI=1S/C18H18ClN3O3/c1-3-10-22(18(24)25-4-2)15-7-5-6-13(11-15)16(23)12-14-8-9-20-17(19)21-14/h3,5-9,11H,1,4,10,12H2,2H3.